The van der Waals surface area contributed by atoms with E-state index in [-0.39, 0.29) is 0 Å². The van der Waals surface area contributed by atoms with Crippen molar-refractivity contribution in [1.29, 1.82) is 0 Å². The average molecular weight is 337 g/mol. The molecular formula is C14H11BrClN3. The second-order valence-corrected chi connectivity index (χ2v) is 5.55. The maximum absolute atomic E-state index is 6.23. The topological polar surface area (TPSA) is 43.3 Å². The molecule has 0 bridgehead atoms. The molecule has 0 aliphatic carbocycles. The molecule has 2 aromatic heterocycles. The second kappa shape index (κ2) is 4.54. The van der Waals surface area contributed by atoms with Crippen LogP contribution in [-0.4, -0.2) is 9.38 Å². The zero-order valence-electron chi connectivity index (χ0n) is 10.2. The summed E-state index contributed by atoms with van der Waals surface area (Å²) in [5.41, 5.74) is 9.62. The fraction of sp³-hybridized carbons (Fsp3) is 0.0714. The molecule has 0 aliphatic rings. The number of aromatic nitrogens is 2. The van der Waals surface area contributed by atoms with E-state index in [2.05, 4.69) is 20.9 Å². The Morgan fingerprint density at radius 1 is 1.21 bits per heavy atom. The van der Waals surface area contributed by atoms with Crippen LogP contribution in [0.25, 0.3) is 16.9 Å². The maximum atomic E-state index is 6.23. The van der Waals surface area contributed by atoms with E-state index in [1.807, 2.05) is 47.7 Å². The zero-order valence-corrected chi connectivity index (χ0v) is 12.5. The highest BCUT2D eigenvalue weighted by molar-refractivity contribution is 9.10. The van der Waals surface area contributed by atoms with Crippen LogP contribution in [0.1, 0.15) is 5.69 Å². The minimum atomic E-state index is 0.599. The number of nitrogens with two attached hydrogens (primary N) is 1. The van der Waals surface area contributed by atoms with Crippen LogP contribution in [0, 0.1) is 6.92 Å². The number of nitrogens with zero attached hydrogens (tertiary/aromatic N) is 2. The largest absolute Gasteiger partial charge is 0.383 e. The number of pyridine rings is 1. The molecule has 5 heteroatoms. The van der Waals surface area contributed by atoms with Crippen LogP contribution in [-0.2, 0) is 0 Å². The van der Waals surface area contributed by atoms with Gasteiger partial charge in [-0.2, -0.15) is 0 Å². The Morgan fingerprint density at radius 2 is 1.95 bits per heavy atom. The Morgan fingerprint density at radius 3 is 2.68 bits per heavy atom. The summed E-state index contributed by atoms with van der Waals surface area (Å²) in [6.45, 7) is 1.99. The fourth-order valence-corrected chi connectivity index (χ4v) is 2.68. The van der Waals surface area contributed by atoms with Gasteiger partial charge in [0.05, 0.1) is 5.02 Å². The minimum absolute atomic E-state index is 0.599. The van der Waals surface area contributed by atoms with Crippen LogP contribution in [0.2, 0.25) is 5.02 Å². The lowest BCUT2D eigenvalue weighted by Crippen LogP contribution is -1.98. The Bertz CT molecular complexity index is 780. The van der Waals surface area contributed by atoms with Gasteiger partial charge in [-0.1, -0.05) is 29.8 Å². The quantitative estimate of drug-likeness (QED) is 0.719. The Labute approximate surface area is 124 Å². The van der Waals surface area contributed by atoms with Crippen molar-refractivity contribution < 1.29 is 0 Å². The van der Waals surface area contributed by atoms with Crippen LogP contribution in [0.4, 0.5) is 5.82 Å². The Kier molecular flexibility index (Phi) is 2.99. The van der Waals surface area contributed by atoms with Crippen molar-refractivity contribution in [2.24, 2.45) is 0 Å². The van der Waals surface area contributed by atoms with Gasteiger partial charge in [-0.25, -0.2) is 4.98 Å². The van der Waals surface area contributed by atoms with E-state index in [9.17, 15) is 0 Å². The molecule has 2 N–H and O–H groups in total. The summed E-state index contributed by atoms with van der Waals surface area (Å²) in [6, 6.07) is 11.5. The van der Waals surface area contributed by atoms with Crippen LogP contribution < -0.4 is 5.73 Å². The summed E-state index contributed by atoms with van der Waals surface area (Å²) in [4.78, 5) is 4.58. The number of rotatable bonds is 1. The van der Waals surface area contributed by atoms with Gasteiger partial charge in [0.25, 0.3) is 0 Å². The van der Waals surface area contributed by atoms with Gasteiger partial charge in [-0.15, -0.1) is 0 Å². The molecule has 3 rings (SSSR count). The molecule has 0 fully saturated rings. The van der Waals surface area contributed by atoms with Crippen LogP contribution >= 0.6 is 27.5 Å². The van der Waals surface area contributed by atoms with Crippen molar-refractivity contribution in [2.45, 2.75) is 6.92 Å². The van der Waals surface area contributed by atoms with Crippen molar-refractivity contribution >= 4 is 39.0 Å². The number of aryl methyl sites for hydroxylation is 1. The number of hydrogen-bond acceptors (Lipinski definition) is 2. The van der Waals surface area contributed by atoms with Gasteiger partial charge in [0.2, 0.25) is 0 Å². The van der Waals surface area contributed by atoms with Crippen LogP contribution in [0.15, 0.2) is 40.9 Å². The minimum Gasteiger partial charge on any atom is -0.383 e. The highest BCUT2D eigenvalue weighted by Crippen LogP contribution is 2.33. The van der Waals surface area contributed by atoms with Crippen LogP contribution in [0.3, 0.4) is 0 Å². The van der Waals surface area contributed by atoms with Gasteiger partial charge in [-0.05, 0) is 41.1 Å². The standard InChI is InChI=1S/C14H11BrClN3/c1-8-10(15)6-7-12-18-13(14(17)19(8)12)9-4-2-3-5-11(9)16/h2-7H,17H2,1H3. The first kappa shape index (κ1) is 12.5. The van der Waals surface area contributed by atoms with Crippen molar-refractivity contribution in [3.63, 3.8) is 0 Å². The maximum Gasteiger partial charge on any atom is 0.139 e. The highest BCUT2D eigenvalue weighted by atomic mass is 79.9. The second-order valence-electron chi connectivity index (χ2n) is 4.29. The summed E-state index contributed by atoms with van der Waals surface area (Å²) in [6.07, 6.45) is 0. The fourth-order valence-electron chi connectivity index (χ4n) is 2.14. The van der Waals surface area contributed by atoms with E-state index in [4.69, 9.17) is 17.3 Å². The predicted octanol–water partition coefficient (Wildman–Crippen LogP) is 4.31. The molecule has 0 unspecified atom stereocenters. The van der Waals surface area contributed by atoms with E-state index in [1.165, 1.54) is 0 Å². The molecule has 2 heterocycles. The molecule has 0 aliphatic heterocycles. The zero-order chi connectivity index (χ0) is 13.6. The third-order valence-electron chi connectivity index (χ3n) is 3.13. The lowest BCUT2D eigenvalue weighted by Gasteiger charge is -2.05. The van der Waals surface area contributed by atoms with Crippen molar-refractivity contribution in [1.82, 2.24) is 9.38 Å². The van der Waals surface area contributed by atoms with Gasteiger partial charge in [-0.3, -0.25) is 4.40 Å². The third kappa shape index (κ3) is 1.91. The summed E-state index contributed by atoms with van der Waals surface area (Å²) in [5.74, 6) is 0.599. The third-order valence-corrected chi connectivity index (χ3v) is 4.30. The average Bonchev–Trinajstić information content (AvgIpc) is 2.73. The summed E-state index contributed by atoms with van der Waals surface area (Å²) in [5, 5.41) is 0.648. The van der Waals surface area contributed by atoms with E-state index >= 15 is 0 Å². The molecule has 96 valence electrons. The Balaban J connectivity index is 2.36. The Hall–Kier alpha value is -1.52. The first-order valence-electron chi connectivity index (χ1n) is 5.77. The van der Waals surface area contributed by atoms with E-state index in [0.717, 1.165) is 21.4 Å². The molecule has 0 amide bonds. The number of fused-ring (bicyclic) bond motifs is 1. The number of nitrogen functional groups attached to an aromatic ring is 1. The van der Waals surface area contributed by atoms with Gasteiger partial charge in [0, 0.05) is 15.7 Å². The van der Waals surface area contributed by atoms with E-state index in [1.54, 1.807) is 0 Å². The van der Waals surface area contributed by atoms with Crippen molar-refractivity contribution in [3.8, 4) is 11.3 Å². The van der Waals surface area contributed by atoms with E-state index < -0.39 is 0 Å². The number of hydrogen-bond donors (Lipinski definition) is 1. The first-order chi connectivity index (χ1) is 9.09. The molecule has 0 saturated carbocycles. The molecule has 0 atom stereocenters. The number of benzene rings is 1. The summed E-state index contributed by atoms with van der Waals surface area (Å²) in [7, 11) is 0. The lowest BCUT2D eigenvalue weighted by molar-refractivity contribution is 1.09. The van der Waals surface area contributed by atoms with Gasteiger partial charge in [0.15, 0.2) is 0 Å². The monoisotopic (exact) mass is 335 g/mol. The SMILES string of the molecule is Cc1c(Br)ccc2nc(-c3ccccc3Cl)c(N)n12. The number of anilines is 1. The smallest absolute Gasteiger partial charge is 0.139 e. The molecule has 0 spiro atoms. The van der Waals surface area contributed by atoms with Crippen molar-refractivity contribution in [3.05, 3.63) is 51.6 Å². The molecule has 3 nitrogen and oxygen atoms in total. The summed E-state index contributed by atoms with van der Waals surface area (Å²) >= 11 is 9.72. The predicted molar refractivity (Wildman–Crippen MR) is 82.5 cm³/mol. The number of imidazole rings is 1. The lowest BCUT2D eigenvalue weighted by atomic mass is 10.1. The highest BCUT2D eigenvalue weighted by Gasteiger charge is 2.15. The normalized spacial score (nSPS) is 11.1. The van der Waals surface area contributed by atoms with E-state index in [0.29, 0.717) is 16.5 Å². The molecule has 0 saturated heterocycles. The summed E-state index contributed by atoms with van der Waals surface area (Å²) < 4.78 is 2.91. The molecule has 0 radical (unpaired) electrons. The molecule has 1 aromatic carbocycles. The van der Waals surface area contributed by atoms with Gasteiger partial charge >= 0.3 is 0 Å². The molecular weight excluding hydrogens is 326 g/mol. The number of halogens is 2. The van der Waals surface area contributed by atoms with Crippen LogP contribution in [0.5, 0.6) is 0 Å². The molecule has 19 heavy (non-hydrogen) atoms. The van der Waals surface area contributed by atoms with Gasteiger partial charge in [0.1, 0.15) is 17.2 Å². The van der Waals surface area contributed by atoms with Crippen molar-refractivity contribution in [2.75, 3.05) is 5.73 Å². The van der Waals surface area contributed by atoms with Gasteiger partial charge < -0.3 is 5.73 Å². The first-order valence-corrected chi connectivity index (χ1v) is 6.94. The molecule has 3 aromatic rings.